The van der Waals surface area contributed by atoms with E-state index in [4.69, 9.17) is 5.11 Å². The number of carbonyl (C=O) groups is 2. The molecular weight excluding hydrogens is 220 g/mol. The summed E-state index contributed by atoms with van der Waals surface area (Å²) in [7, 11) is 1.69. The third-order valence-corrected chi connectivity index (χ3v) is 2.37. The van der Waals surface area contributed by atoms with Gasteiger partial charge in [0.05, 0.1) is 17.3 Å². The first kappa shape index (κ1) is 11.1. The number of aromatic carboxylic acids is 1. The second-order valence-electron chi connectivity index (χ2n) is 3.58. The van der Waals surface area contributed by atoms with Gasteiger partial charge in [-0.1, -0.05) is 18.2 Å². The number of aryl methyl sites for hydroxylation is 1. The minimum Gasteiger partial charge on any atom is -0.478 e. The Labute approximate surface area is 97.3 Å². The highest BCUT2D eigenvalue weighted by atomic mass is 16.4. The van der Waals surface area contributed by atoms with E-state index < -0.39 is 5.97 Å². The van der Waals surface area contributed by atoms with E-state index in [9.17, 15) is 9.59 Å². The zero-order valence-electron chi connectivity index (χ0n) is 9.12. The third kappa shape index (κ3) is 2.08. The van der Waals surface area contributed by atoms with Gasteiger partial charge in [0.15, 0.2) is 5.78 Å². The van der Waals surface area contributed by atoms with Crippen molar-refractivity contribution in [1.82, 2.24) is 9.78 Å². The van der Waals surface area contributed by atoms with Crippen molar-refractivity contribution in [2.45, 2.75) is 0 Å². The van der Waals surface area contributed by atoms with Crippen LogP contribution in [0.25, 0.3) is 0 Å². The molecule has 17 heavy (non-hydrogen) atoms. The van der Waals surface area contributed by atoms with Crippen LogP contribution in [0.5, 0.6) is 0 Å². The number of carboxylic acid groups (broad SMARTS) is 1. The highest BCUT2D eigenvalue weighted by Crippen LogP contribution is 2.14. The van der Waals surface area contributed by atoms with Gasteiger partial charge in [-0.15, -0.1) is 0 Å². The minimum atomic E-state index is -1.11. The Morgan fingerprint density at radius 3 is 2.41 bits per heavy atom. The predicted molar refractivity (Wildman–Crippen MR) is 60.0 cm³/mol. The lowest BCUT2D eigenvalue weighted by molar-refractivity contribution is 0.0693. The van der Waals surface area contributed by atoms with Crippen molar-refractivity contribution in [1.29, 1.82) is 0 Å². The van der Waals surface area contributed by atoms with Gasteiger partial charge in [-0.25, -0.2) is 4.79 Å². The normalized spacial score (nSPS) is 10.2. The SMILES string of the molecule is Cn1cc(C(=O)c2ccccc2C(=O)O)cn1. The number of nitrogens with zero attached hydrogens (tertiary/aromatic N) is 2. The second-order valence-corrected chi connectivity index (χ2v) is 3.58. The van der Waals surface area contributed by atoms with E-state index in [0.29, 0.717) is 5.56 Å². The molecule has 0 atom stereocenters. The fraction of sp³-hybridized carbons (Fsp3) is 0.0833. The molecule has 1 aromatic carbocycles. The number of hydrogen-bond acceptors (Lipinski definition) is 3. The molecule has 0 fully saturated rings. The maximum atomic E-state index is 12.1. The van der Waals surface area contributed by atoms with Crippen molar-refractivity contribution in [2.75, 3.05) is 0 Å². The van der Waals surface area contributed by atoms with Crippen molar-refractivity contribution < 1.29 is 14.7 Å². The number of rotatable bonds is 3. The maximum absolute atomic E-state index is 12.1. The van der Waals surface area contributed by atoms with Crippen LogP contribution in [0, 0.1) is 0 Å². The van der Waals surface area contributed by atoms with Crippen molar-refractivity contribution in [2.24, 2.45) is 7.05 Å². The first-order chi connectivity index (χ1) is 8.09. The zero-order valence-corrected chi connectivity index (χ0v) is 9.12. The topological polar surface area (TPSA) is 72.2 Å². The molecule has 5 nitrogen and oxygen atoms in total. The quantitative estimate of drug-likeness (QED) is 0.808. The Hall–Kier alpha value is -2.43. The molecule has 1 aromatic heterocycles. The minimum absolute atomic E-state index is 0.00125. The van der Waals surface area contributed by atoms with Gasteiger partial charge in [0.25, 0.3) is 0 Å². The molecule has 0 spiro atoms. The van der Waals surface area contributed by atoms with Crippen LogP contribution in [0.2, 0.25) is 0 Å². The lowest BCUT2D eigenvalue weighted by Gasteiger charge is -2.02. The van der Waals surface area contributed by atoms with Crippen LogP contribution in [0.3, 0.4) is 0 Å². The molecule has 0 radical (unpaired) electrons. The van der Waals surface area contributed by atoms with E-state index in [-0.39, 0.29) is 16.9 Å². The molecule has 0 bridgehead atoms. The molecule has 1 N–H and O–H groups in total. The molecule has 2 rings (SSSR count). The van der Waals surface area contributed by atoms with E-state index in [2.05, 4.69) is 5.10 Å². The molecule has 5 heteroatoms. The summed E-state index contributed by atoms with van der Waals surface area (Å²) in [6, 6.07) is 6.13. The van der Waals surface area contributed by atoms with Crippen molar-refractivity contribution in [3.05, 3.63) is 53.3 Å². The molecule has 0 aliphatic rings. The number of carboxylic acids is 1. The van der Waals surface area contributed by atoms with E-state index in [0.717, 1.165) is 0 Å². The van der Waals surface area contributed by atoms with Crippen molar-refractivity contribution in [3.8, 4) is 0 Å². The molecule has 0 amide bonds. The summed E-state index contributed by atoms with van der Waals surface area (Å²) in [6.45, 7) is 0. The van der Waals surface area contributed by atoms with Gasteiger partial charge in [-0.05, 0) is 6.07 Å². The van der Waals surface area contributed by atoms with Crippen LogP contribution >= 0.6 is 0 Å². The molecular formula is C12H10N2O3. The Balaban J connectivity index is 2.47. The first-order valence-corrected chi connectivity index (χ1v) is 4.95. The van der Waals surface area contributed by atoms with Gasteiger partial charge in [0.1, 0.15) is 0 Å². The summed E-state index contributed by atoms with van der Waals surface area (Å²) in [5.41, 5.74) is 0.551. The number of hydrogen-bond donors (Lipinski definition) is 1. The van der Waals surface area contributed by atoms with Crippen LogP contribution in [0.4, 0.5) is 0 Å². The largest absolute Gasteiger partial charge is 0.478 e. The molecule has 0 unspecified atom stereocenters. The molecule has 0 saturated carbocycles. The first-order valence-electron chi connectivity index (χ1n) is 4.95. The van der Waals surface area contributed by atoms with Crippen molar-refractivity contribution >= 4 is 11.8 Å². The Bertz CT molecular complexity index is 587. The van der Waals surface area contributed by atoms with E-state index in [1.54, 1.807) is 25.4 Å². The highest BCUT2D eigenvalue weighted by Gasteiger charge is 2.18. The highest BCUT2D eigenvalue weighted by molar-refractivity contribution is 6.13. The Kier molecular flexibility index (Phi) is 2.74. The number of benzene rings is 1. The van der Waals surface area contributed by atoms with Crippen LogP contribution in [0.15, 0.2) is 36.7 Å². The molecule has 0 aliphatic heterocycles. The average Bonchev–Trinajstić information content (AvgIpc) is 2.75. The van der Waals surface area contributed by atoms with Crippen LogP contribution in [0.1, 0.15) is 26.3 Å². The van der Waals surface area contributed by atoms with Gasteiger partial charge in [0.2, 0.25) is 0 Å². The van der Waals surface area contributed by atoms with Gasteiger partial charge in [0, 0.05) is 18.8 Å². The van der Waals surface area contributed by atoms with E-state index in [1.807, 2.05) is 0 Å². The summed E-state index contributed by atoms with van der Waals surface area (Å²) < 4.78 is 1.50. The summed E-state index contributed by atoms with van der Waals surface area (Å²) in [5.74, 6) is -1.45. The maximum Gasteiger partial charge on any atom is 0.336 e. The van der Waals surface area contributed by atoms with E-state index in [1.165, 1.54) is 23.0 Å². The van der Waals surface area contributed by atoms with Crippen molar-refractivity contribution in [3.63, 3.8) is 0 Å². The van der Waals surface area contributed by atoms with Gasteiger partial charge in [-0.2, -0.15) is 5.10 Å². The Morgan fingerprint density at radius 1 is 1.24 bits per heavy atom. The number of ketones is 1. The number of aromatic nitrogens is 2. The van der Waals surface area contributed by atoms with E-state index >= 15 is 0 Å². The average molecular weight is 230 g/mol. The predicted octanol–water partition coefficient (Wildman–Crippen LogP) is 1.35. The lowest BCUT2D eigenvalue weighted by atomic mass is 10.0. The van der Waals surface area contributed by atoms with Crippen LogP contribution in [-0.4, -0.2) is 26.6 Å². The van der Waals surface area contributed by atoms with Gasteiger partial charge >= 0.3 is 5.97 Å². The summed E-state index contributed by atoms with van der Waals surface area (Å²) >= 11 is 0. The molecule has 0 aliphatic carbocycles. The smallest absolute Gasteiger partial charge is 0.336 e. The second kappa shape index (κ2) is 4.21. The van der Waals surface area contributed by atoms with Gasteiger partial charge in [-0.3, -0.25) is 9.48 Å². The molecule has 1 heterocycles. The number of carbonyl (C=O) groups excluding carboxylic acids is 1. The van der Waals surface area contributed by atoms with Gasteiger partial charge < -0.3 is 5.11 Å². The molecule has 2 aromatic rings. The fourth-order valence-electron chi connectivity index (χ4n) is 1.56. The monoisotopic (exact) mass is 230 g/mol. The van der Waals surface area contributed by atoms with Crippen LogP contribution < -0.4 is 0 Å². The third-order valence-electron chi connectivity index (χ3n) is 2.37. The summed E-state index contributed by atoms with van der Waals surface area (Å²) in [6.07, 6.45) is 2.97. The lowest BCUT2D eigenvalue weighted by Crippen LogP contribution is -2.08. The summed E-state index contributed by atoms with van der Waals surface area (Å²) in [5, 5.41) is 12.9. The van der Waals surface area contributed by atoms with Crippen LogP contribution in [-0.2, 0) is 7.05 Å². The summed E-state index contributed by atoms with van der Waals surface area (Å²) in [4.78, 5) is 23.1. The molecule has 86 valence electrons. The fourth-order valence-corrected chi connectivity index (χ4v) is 1.56. The Morgan fingerprint density at radius 2 is 1.88 bits per heavy atom. The standard InChI is InChI=1S/C12H10N2O3/c1-14-7-8(6-13-14)11(15)9-4-2-3-5-10(9)12(16)17/h2-7H,1H3,(H,16,17). The zero-order chi connectivity index (χ0) is 12.4. The molecule has 0 saturated heterocycles.